The number of hydrogen-bond acceptors (Lipinski definition) is 5. The molecule has 1 aliphatic heterocycles. The Morgan fingerprint density at radius 3 is 2.74 bits per heavy atom. The molecule has 0 unspecified atom stereocenters. The molecule has 1 aromatic carbocycles. The molecule has 0 radical (unpaired) electrons. The molecule has 1 aromatic heterocycles. The van der Waals surface area contributed by atoms with Crippen LogP contribution in [0.3, 0.4) is 0 Å². The molecule has 0 spiro atoms. The van der Waals surface area contributed by atoms with Gasteiger partial charge >= 0.3 is 0 Å². The van der Waals surface area contributed by atoms with Gasteiger partial charge in [-0.15, -0.1) is 10.2 Å². The maximum Gasteiger partial charge on any atom is 0.159 e. The molecule has 98 valence electrons. The summed E-state index contributed by atoms with van der Waals surface area (Å²) in [6.45, 7) is 3.82. The summed E-state index contributed by atoms with van der Waals surface area (Å²) >= 11 is 3.56. The molecule has 0 aliphatic carbocycles. The maximum atomic E-state index is 4.42. The van der Waals surface area contributed by atoms with E-state index in [9.17, 15) is 0 Å². The third kappa shape index (κ3) is 2.59. The molecule has 1 fully saturated rings. The van der Waals surface area contributed by atoms with E-state index in [0.29, 0.717) is 0 Å². The summed E-state index contributed by atoms with van der Waals surface area (Å²) in [4.78, 5) is 6.67. The third-order valence-corrected chi connectivity index (χ3v) is 3.84. The molecular formula is C13H14BrN5. The molecule has 0 bridgehead atoms. The Morgan fingerprint density at radius 2 is 1.95 bits per heavy atom. The van der Waals surface area contributed by atoms with Gasteiger partial charge in [0.15, 0.2) is 5.82 Å². The largest absolute Gasteiger partial charge is 0.352 e. The second-order valence-corrected chi connectivity index (χ2v) is 5.20. The standard InChI is InChI=1S/C13H14BrN5/c14-11-4-2-1-3-10(11)12-13(16-9-17-18-12)19-7-5-15-6-8-19/h1-4,9,15H,5-8H2. The molecule has 1 aliphatic rings. The van der Waals surface area contributed by atoms with Crippen LogP contribution in [0.5, 0.6) is 0 Å². The van der Waals surface area contributed by atoms with Gasteiger partial charge in [-0.3, -0.25) is 0 Å². The minimum absolute atomic E-state index is 0.830. The predicted molar refractivity (Wildman–Crippen MR) is 78.0 cm³/mol. The molecule has 2 heterocycles. The van der Waals surface area contributed by atoms with Crippen LogP contribution in [-0.4, -0.2) is 41.4 Å². The molecule has 0 amide bonds. The number of rotatable bonds is 2. The lowest BCUT2D eigenvalue weighted by Gasteiger charge is -2.29. The van der Waals surface area contributed by atoms with Gasteiger partial charge in [-0.25, -0.2) is 4.98 Å². The molecule has 0 saturated carbocycles. The van der Waals surface area contributed by atoms with Crippen molar-refractivity contribution in [1.82, 2.24) is 20.5 Å². The Kier molecular flexibility index (Phi) is 3.70. The normalized spacial score (nSPS) is 15.5. The second kappa shape index (κ2) is 5.63. The summed E-state index contributed by atoms with van der Waals surface area (Å²) in [6, 6.07) is 8.02. The van der Waals surface area contributed by atoms with Crippen molar-refractivity contribution in [3.05, 3.63) is 35.1 Å². The highest BCUT2D eigenvalue weighted by Crippen LogP contribution is 2.31. The first kappa shape index (κ1) is 12.5. The zero-order valence-corrected chi connectivity index (χ0v) is 12.0. The van der Waals surface area contributed by atoms with E-state index >= 15 is 0 Å². The van der Waals surface area contributed by atoms with Crippen molar-refractivity contribution >= 4 is 21.7 Å². The van der Waals surface area contributed by atoms with Gasteiger partial charge in [0.1, 0.15) is 12.0 Å². The van der Waals surface area contributed by atoms with Gasteiger partial charge in [0.05, 0.1) is 0 Å². The van der Waals surface area contributed by atoms with Crippen LogP contribution in [0.4, 0.5) is 5.82 Å². The molecule has 1 saturated heterocycles. The van der Waals surface area contributed by atoms with E-state index in [4.69, 9.17) is 0 Å². The quantitative estimate of drug-likeness (QED) is 0.913. The summed E-state index contributed by atoms with van der Waals surface area (Å²) < 4.78 is 1.01. The Labute approximate surface area is 120 Å². The van der Waals surface area contributed by atoms with Crippen molar-refractivity contribution < 1.29 is 0 Å². The minimum Gasteiger partial charge on any atom is -0.352 e. The van der Waals surface area contributed by atoms with Crippen molar-refractivity contribution in [3.8, 4) is 11.3 Å². The number of halogens is 1. The minimum atomic E-state index is 0.830. The molecule has 0 atom stereocenters. The molecule has 6 heteroatoms. The summed E-state index contributed by atoms with van der Waals surface area (Å²) in [7, 11) is 0. The fraction of sp³-hybridized carbons (Fsp3) is 0.308. The highest BCUT2D eigenvalue weighted by atomic mass is 79.9. The van der Waals surface area contributed by atoms with Gasteiger partial charge in [0, 0.05) is 36.2 Å². The van der Waals surface area contributed by atoms with E-state index in [1.54, 1.807) is 0 Å². The van der Waals surface area contributed by atoms with E-state index in [2.05, 4.69) is 41.3 Å². The van der Waals surface area contributed by atoms with E-state index in [-0.39, 0.29) is 0 Å². The van der Waals surface area contributed by atoms with E-state index in [1.807, 2.05) is 24.3 Å². The Hall–Kier alpha value is -1.53. The number of aromatic nitrogens is 3. The lowest BCUT2D eigenvalue weighted by molar-refractivity contribution is 0.583. The van der Waals surface area contributed by atoms with Gasteiger partial charge in [-0.05, 0) is 6.07 Å². The zero-order valence-electron chi connectivity index (χ0n) is 10.4. The van der Waals surface area contributed by atoms with Gasteiger partial charge in [-0.1, -0.05) is 34.1 Å². The van der Waals surface area contributed by atoms with Gasteiger partial charge < -0.3 is 10.2 Å². The van der Waals surface area contributed by atoms with Crippen LogP contribution in [0, 0.1) is 0 Å². The van der Waals surface area contributed by atoms with Crippen LogP contribution in [0.25, 0.3) is 11.3 Å². The number of benzene rings is 1. The smallest absolute Gasteiger partial charge is 0.159 e. The van der Waals surface area contributed by atoms with Gasteiger partial charge in [-0.2, -0.15) is 0 Å². The Balaban J connectivity index is 2.04. The summed E-state index contributed by atoms with van der Waals surface area (Å²) in [5, 5.41) is 11.6. The van der Waals surface area contributed by atoms with Crippen molar-refractivity contribution in [2.45, 2.75) is 0 Å². The lowest BCUT2D eigenvalue weighted by Crippen LogP contribution is -2.44. The van der Waals surface area contributed by atoms with Crippen LogP contribution in [0.2, 0.25) is 0 Å². The predicted octanol–water partition coefficient (Wildman–Crippen LogP) is 1.71. The second-order valence-electron chi connectivity index (χ2n) is 4.35. The summed E-state index contributed by atoms with van der Waals surface area (Å²) in [5.74, 6) is 0.906. The monoisotopic (exact) mass is 319 g/mol. The average molecular weight is 320 g/mol. The lowest BCUT2D eigenvalue weighted by atomic mass is 10.1. The molecule has 5 nitrogen and oxygen atoms in total. The van der Waals surface area contributed by atoms with E-state index < -0.39 is 0 Å². The average Bonchev–Trinajstić information content (AvgIpc) is 2.49. The number of piperazine rings is 1. The Morgan fingerprint density at radius 1 is 1.16 bits per heavy atom. The first-order valence-electron chi connectivity index (χ1n) is 6.24. The highest BCUT2D eigenvalue weighted by molar-refractivity contribution is 9.10. The van der Waals surface area contributed by atoms with Crippen LogP contribution in [0.15, 0.2) is 35.1 Å². The number of hydrogen-bond donors (Lipinski definition) is 1. The fourth-order valence-electron chi connectivity index (χ4n) is 2.21. The van der Waals surface area contributed by atoms with Crippen molar-refractivity contribution in [1.29, 1.82) is 0 Å². The van der Waals surface area contributed by atoms with Gasteiger partial charge in [0.25, 0.3) is 0 Å². The Bertz CT molecular complexity index is 568. The maximum absolute atomic E-state index is 4.42. The van der Waals surface area contributed by atoms with Crippen molar-refractivity contribution in [2.75, 3.05) is 31.1 Å². The van der Waals surface area contributed by atoms with Gasteiger partial charge in [0.2, 0.25) is 0 Å². The summed E-state index contributed by atoms with van der Waals surface area (Å²) in [6.07, 6.45) is 1.51. The van der Waals surface area contributed by atoms with Crippen LogP contribution in [0.1, 0.15) is 0 Å². The SMILES string of the molecule is Brc1ccccc1-c1nncnc1N1CCNCC1. The zero-order chi connectivity index (χ0) is 13.1. The van der Waals surface area contributed by atoms with E-state index in [1.165, 1.54) is 6.33 Å². The highest BCUT2D eigenvalue weighted by Gasteiger charge is 2.18. The van der Waals surface area contributed by atoms with E-state index in [0.717, 1.165) is 47.7 Å². The summed E-state index contributed by atoms with van der Waals surface area (Å²) in [5.41, 5.74) is 1.86. The number of anilines is 1. The number of nitrogens with zero attached hydrogens (tertiary/aromatic N) is 4. The first-order chi connectivity index (χ1) is 9.36. The molecule has 2 aromatic rings. The van der Waals surface area contributed by atoms with Crippen LogP contribution < -0.4 is 10.2 Å². The molecular weight excluding hydrogens is 306 g/mol. The van der Waals surface area contributed by atoms with Crippen LogP contribution >= 0.6 is 15.9 Å². The molecule has 1 N–H and O–H groups in total. The first-order valence-corrected chi connectivity index (χ1v) is 7.04. The van der Waals surface area contributed by atoms with Crippen molar-refractivity contribution in [3.63, 3.8) is 0 Å². The fourth-order valence-corrected chi connectivity index (χ4v) is 2.68. The topological polar surface area (TPSA) is 53.9 Å². The van der Waals surface area contributed by atoms with Crippen LogP contribution in [-0.2, 0) is 0 Å². The molecule has 3 rings (SSSR count). The molecule has 19 heavy (non-hydrogen) atoms. The van der Waals surface area contributed by atoms with Crippen molar-refractivity contribution in [2.24, 2.45) is 0 Å². The third-order valence-electron chi connectivity index (χ3n) is 3.15. The number of nitrogens with one attached hydrogen (secondary N) is 1.